The molecule has 1 fully saturated rings. The molecule has 2 aliphatic heterocycles. The van der Waals surface area contributed by atoms with Crippen molar-refractivity contribution >= 4 is 23.3 Å². The van der Waals surface area contributed by atoms with Gasteiger partial charge in [0.15, 0.2) is 23.0 Å². The first-order valence-corrected chi connectivity index (χ1v) is 13.9. The SMILES string of the molecule is CC(C)C(=O)Nc1cn2nc(-c3cnc4c(c3)C(=O)N(Cc3cc(F)cc(F)c3OC3CCOCC3)CC4)ccc2n1. The maximum atomic E-state index is 14.9. The number of rotatable bonds is 7. The number of fused-ring (bicyclic) bond motifs is 2. The predicted octanol–water partition coefficient (Wildman–Crippen LogP) is 4.42. The summed E-state index contributed by atoms with van der Waals surface area (Å²) in [6.45, 7) is 4.94. The van der Waals surface area contributed by atoms with E-state index in [1.165, 1.54) is 6.07 Å². The Morgan fingerprint density at radius 1 is 1.19 bits per heavy atom. The van der Waals surface area contributed by atoms with Crippen LogP contribution in [-0.2, 0) is 22.5 Å². The first kappa shape index (κ1) is 27.7. The van der Waals surface area contributed by atoms with E-state index in [9.17, 15) is 18.4 Å². The molecule has 12 heteroatoms. The van der Waals surface area contributed by atoms with Gasteiger partial charge in [0, 0.05) is 61.7 Å². The Kier molecular flexibility index (Phi) is 7.55. The van der Waals surface area contributed by atoms with Crippen LogP contribution in [0.1, 0.15) is 48.3 Å². The third-order valence-electron chi connectivity index (χ3n) is 7.40. The number of carbonyl (C=O) groups is 2. The lowest BCUT2D eigenvalue weighted by atomic mass is 10.0. The summed E-state index contributed by atoms with van der Waals surface area (Å²) in [7, 11) is 0. The second-order valence-electron chi connectivity index (χ2n) is 10.8. The van der Waals surface area contributed by atoms with Crippen molar-refractivity contribution in [3.8, 4) is 17.0 Å². The Morgan fingerprint density at radius 3 is 2.79 bits per heavy atom. The molecule has 42 heavy (non-hydrogen) atoms. The molecule has 6 rings (SSSR count). The van der Waals surface area contributed by atoms with E-state index in [0.29, 0.717) is 73.0 Å². The Labute approximate surface area is 240 Å². The maximum absolute atomic E-state index is 14.9. The second-order valence-corrected chi connectivity index (χ2v) is 10.8. The van der Waals surface area contributed by atoms with E-state index in [-0.39, 0.29) is 41.7 Å². The zero-order valence-electron chi connectivity index (χ0n) is 23.3. The van der Waals surface area contributed by atoms with Gasteiger partial charge in [-0.15, -0.1) is 0 Å². The van der Waals surface area contributed by atoms with Crippen molar-refractivity contribution in [3.63, 3.8) is 0 Å². The summed E-state index contributed by atoms with van der Waals surface area (Å²) < 4.78 is 42.0. The van der Waals surface area contributed by atoms with E-state index in [2.05, 4.69) is 20.4 Å². The summed E-state index contributed by atoms with van der Waals surface area (Å²) in [5.41, 5.74) is 3.04. The van der Waals surface area contributed by atoms with Crippen molar-refractivity contribution in [2.75, 3.05) is 25.1 Å². The van der Waals surface area contributed by atoms with Crippen LogP contribution in [0.5, 0.6) is 5.75 Å². The van der Waals surface area contributed by atoms with Gasteiger partial charge in [-0.2, -0.15) is 5.10 Å². The number of nitrogens with one attached hydrogen (secondary N) is 1. The van der Waals surface area contributed by atoms with Gasteiger partial charge in [0.25, 0.3) is 5.91 Å². The lowest BCUT2D eigenvalue weighted by Crippen LogP contribution is -2.38. The van der Waals surface area contributed by atoms with Crippen LogP contribution in [0.3, 0.4) is 0 Å². The second kappa shape index (κ2) is 11.4. The van der Waals surface area contributed by atoms with Crippen molar-refractivity contribution in [3.05, 3.63) is 71.2 Å². The normalized spacial score (nSPS) is 15.7. The lowest BCUT2D eigenvalue weighted by molar-refractivity contribution is -0.118. The standard InChI is InChI=1S/C30H30F2N6O4/c1-17(2)29(39)35-26-16-38-27(34-26)4-3-24(36-38)18-12-22-25(33-14-18)5-8-37(30(22)40)15-19-11-20(31)13-23(32)28(19)42-21-6-9-41-10-7-21/h3-4,11-14,16-17,21H,5-10,15H2,1-2H3,(H,35,39). The van der Waals surface area contributed by atoms with Crippen LogP contribution in [0, 0.1) is 17.6 Å². The van der Waals surface area contributed by atoms with Crippen molar-refractivity contribution < 1.29 is 27.8 Å². The highest BCUT2D eigenvalue weighted by Gasteiger charge is 2.29. The van der Waals surface area contributed by atoms with Crippen LogP contribution in [0.15, 0.2) is 42.7 Å². The van der Waals surface area contributed by atoms with E-state index < -0.39 is 11.6 Å². The molecule has 0 aliphatic carbocycles. The minimum Gasteiger partial charge on any atom is -0.487 e. The van der Waals surface area contributed by atoms with Crippen LogP contribution in [-0.4, -0.2) is 62.2 Å². The summed E-state index contributed by atoms with van der Waals surface area (Å²) in [4.78, 5) is 36.1. The van der Waals surface area contributed by atoms with Crippen LogP contribution in [0.2, 0.25) is 0 Å². The Balaban J connectivity index is 1.24. The summed E-state index contributed by atoms with van der Waals surface area (Å²) in [5, 5.41) is 7.35. The predicted molar refractivity (Wildman–Crippen MR) is 149 cm³/mol. The van der Waals surface area contributed by atoms with Crippen molar-refractivity contribution in [1.82, 2.24) is 24.5 Å². The van der Waals surface area contributed by atoms with Gasteiger partial charge in [-0.05, 0) is 24.3 Å². The number of anilines is 1. The van der Waals surface area contributed by atoms with Crippen LogP contribution < -0.4 is 10.1 Å². The highest BCUT2D eigenvalue weighted by Crippen LogP contribution is 2.31. The number of hydrogen-bond donors (Lipinski definition) is 1. The highest BCUT2D eigenvalue weighted by atomic mass is 19.1. The maximum Gasteiger partial charge on any atom is 0.256 e. The largest absolute Gasteiger partial charge is 0.487 e. The van der Waals surface area contributed by atoms with Crippen molar-refractivity contribution in [2.24, 2.45) is 5.92 Å². The van der Waals surface area contributed by atoms with Crippen molar-refractivity contribution in [1.29, 1.82) is 0 Å². The molecule has 10 nitrogen and oxygen atoms in total. The number of nitrogens with zero attached hydrogens (tertiary/aromatic N) is 5. The number of aromatic nitrogens is 4. The van der Waals surface area contributed by atoms with E-state index >= 15 is 0 Å². The average Bonchev–Trinajstić information content (AvgIpc) is 3.38. The number of hydrogen-bond acceptors (Lipinski definition) is 7. The monoisotopic (exact) mass is 576 g/mol. The molecular weight excluding hydrogens is 546 g/mol. The number of benzene rings is 1. The number of halogens is 2. The zero-order chi connectivity index (χ0) is 29.4. The summed E-state index contributed by atoms with van der Waals surface area (Å²) in [6, 6.07) is 7.28. The van der Waals surface area contributed by atoms with Gasteiger partial charge in [-0.25, -0.2) is 18.3 Å². The fraction of sp³-hybridized carbons (Fsp3) is 0.367. The van der Waals surface area contributed by atoms with Gasteiger partial charge in [0.05, 0.1) is 36.4 Å². The number of carbonyl (C=O) groups excluding carboxylic acids is 2. The molecule has 2 aliphatic rings. The van der Waals surface area contributed by atoms with E-state index in [4.69, 9.17) is 9.47 Å². The molecule has 1 N–H and O–H groups in total. The molecule has 0 spiro atoms. The molecule has 0 unspecified atom stereocenters. The van der Waals surface area contributed by atoms with Gasteiger partial charge in [-0.3, -0.25) is 14.6 Å². The summed E-state index contributed by atoms with van der Waals surface area (Å²) in [6.07, 6.45) is 4.74. The molecule has 1 saturated heterocycles. The van der Waals surface area contributed by atoms with Crippen LogP contribution in [0.25, 0.3) is 16.9 Å². The van der Waals surface area contributed by atoms with Crippen LogP contribution >= 0.6 is 0 Å². The highest BCUT2D eigenvalue weighted by molar-refractivity contribution is 5.97. The molecule has 2 amide bonds. The number of imidazole rings is 1. The lowest BCUT2D eigenvalue weighted by Gasteiger charge is -2.30. The fourth-order valence-corrected chi connectivity index (χ4v) is 5.08. The van der Waals surface area contributed by atoms with Gasteiger partial charge in [-0.1, -0.05) is 13.8 Å². The molecule has 0 radical (unpaired) electrons. The number of ether oxygens (including phenoxy) is 2. The number of pyridine rings is 1. The third-order valence-corrected chi connectivity index (χ3v) is 7.40. The van der Waals surface area contributed by atoms with E-state index in [1.807, 2.05) is 0 Å². The average molecular weight is 577 g/mol. The topological polar surface area (TPSA) is 111 Å². The molecule has 4 aromatic rings. The van der Waals surface area contributed by atoms with E-state index in [0.717, 1.165) is 6.07 Å². The van der Waals surface area contributed by atoms with Crippen molar-refractivity contribution in [2.45, 2.75) is 45.8 Å². The zero-order valence-corrected chi connectivity index (χ0v) is 23.3. The Morgan fingerprint density at radius 2 is 2.00 bits per heavy atom. The smallest absolute Gasteiger partial charge is 0.256 e. The van der Waals surface area contributed by atoms with Crippen LogP contribution in [0.4, 0.5) is 14.6 Å². The Hall–Kier alpha value is -4.45. The molecule has 5 heterocycles. The third kappa shape index (κ3) is 5.67. The minimum atomic E-state index is -0.793. The first-order valence-electron chi connectivity index (χ1n) is 13.9. The molecule has 3 aromatic heterocycles. The minimum absolute atomic E-state index is 0.0140. The van der Waals surface area contributed by atoms with Gasteiger partial charge in [0.2, 0.25) is 5.91 Å². The van der Waals surface area contributed by atoms with Gasteiger partial charge in [0.1, 0.15) is 11.9 Å². The molecular formula is C30H30F2N6O4. The molecule has 0 bridgehead atoms. The molecule has 1 aromatic carbocycles. The Bertz CT molecular complexity index is 1670. The van der Waals surface area contributed by atoms with Gasteiger partial charge >= 0.3 is 0 Å². The molecule has 0 atom stereocenters. The van der Waals surface area contributed by atoms with Gasteiger partial charge < -0.3 is 19.7 Å². The number of amides is 2. The van der Waals surface area contributed by atoms with E-state index in [1.54, 1.807) is 53.9 Å². The fourth-order valence-electron chi connectivity index (χ4n) is 5.08. The molecule has 218 valence electrons. The summed E-state index contributed by atoms with van der Waals surface area (Å²) >= 11 is 0. The first-order chi connectivity index (χ1) is 20.2. The summed E-state index contributed by atoms with van der Waals surface area (Å²) in [5.74, 6) is -1.81. The molecule has 0 saturated carbocycles. The quantitative estimate of drug-likeness (QED) is 0.347.